The quantitative estimate of drug-likeness (QED) is 0.794. The monoisotopic (exact) mass is 268 g/mol. The number of carbonyl (C=O) groups excluding carboxylic acids is 1. The zero-order valence-corrected chi connectivity index (χ0v) is 12.1. The van der Waals surface area contributed by atoms with Crippen LogP contribution in [0.25, 0.3) is 0 Å². The van der Waals surface area contributed by atoms with E-state index in [1.807, 2.05) is 4.90 Å². The fraction of sp³-hybridized carbons (Fsp3) is 0.933. The molecule has 0 aromatic rings. The normalized spacial score (nSPS) is 31.8. The molecule has 0 heterocycles. The highest BCUT2D eigenvalue weighted by atomic mass is 16.3. The van der Waals surface area contributed by atoms with Crippen molar-refractivity contribution in [1.29, 1.82) is 0 Å². The Balaban J connectivity index is 1.94. The lowest BCUT2D eigenvalue weighted by molar-refractivity contribution is -0.141. The number of hydrogen-bond acceptors (Lipinski definition) is 3. The third-order valence-electron chi connectivity index (χ3n) is 4.96. The van der Waals surface area contributed by atoms with E-state index in [9.17, 15) is 4.79 Å². The van der Waals surface area contributed by atoms with Crippen molar-refractivity contribution in [3.63, 3.8) is 0 Å². The standard InChI is InChI=1S/C15H28N2O2/c1-11-6-7-12(10-14(11)16)15(19)17(8-3-9-18)13-4-2-5-13/h11-14,18H,2-10,16H2,1H3. The van der Waals surface area contributed by atoms with E-state index < -0.39 is 0 Å². The van der Waals surface area contributed by atoms with Crippen LogP contribution in [0.3, 0.4) is 0 Å². The first-order valence-electron chi connectivity index (χ1n) is 7.80. The van der Waals surface area contributed by atoms with Gasteiger partial charge in [0.1, 0.15) is 0 Å². The summed E-state index contributed by atoms with van der Waals surface area (Å²) < 4.78 is 0. The van der Waals surface area contributed by atoms with Crippen LogP contribution in [0, 0.1) is 11.8 Å². The molecule has 3 atom stereocenters. The zero-order chi connectivity index (χ0) is 13.8. The molecule has 0 spiro atoms. The number of carbonyl (C=O) groups is 1. The molecule has 3 N–H and O–H groups in total. The van der Waals surface area contributed by atoms with Gasteiger partial charge in [-0.2, -0.15) is 0 Å². The Bertz CT molecular complexity index is 305. The zero-order valence-electron chi connectivity index (χ0n) is 12.1. The fourth-order valence-electron chi connectivity index (χ4n) is 3.23. The summed E-state index contributed by atoms with van der Waals surface area (Å²) >= 11 is 0. The van der Waals surface area contributed by atoms with E-state index in [0.717, 1.165) is 32.1 Å². The topological polar surface area (TPSA) is 66.6 Å². The lowest BCUT2D eigenvalue weighted by Crippen LogP contribution is -2.49. The summed E-state index contributed by atoms with van der Waals surface area (Å²) in [5.74, 6) is 0.949. The molecular formula is C15H28N2O2. The van der Waals surface area contributed by atoms with Crippen LogP contribution in [-0.2, 0) is 4.79 Å². The van der Waals surface area contributed by atoms with Crippen molar-refractivity contribution in [2.45, 2.75) is 64.0 Å². The molecule has 0 saturated heterocycles. The first-order valence-corrected chi connectivity index (χ1v) is 7.80. The van der Waals surface area contributed by atoms with Crippen LogP contribution in [0.1, 0.15) is 51.9 Å². The first-order chi connectivity index (χ1) is 9.13. The smallest absolute Gasteiger partial charge is 0.225 e. The number of aliphatic hydroxyl groups is 1. The van der Waals surface area contributed by atoms with Gasteiger partial charge < -0.3 is 15.7 Å². The van der Waals surface area contributed by atoms with Crippen LogP contribution in [0.5, 0.6) is 0 Å². The van der Waals surface area contributed by atoms with Crippen LogP contribution in [0.15, 0.2) is 0 Å². The van der Waals surface area contributed by atoms with E-state index in [1.165, 1.54) is 6.42 Å². The van der Waals surface area contributed by atoms with Gasteiger partial charge in [-0.1, -0.05) is 6.92 Å². The third kappa shape index (κ3) is 3.48. The summed E-state index contributed by atoms with van der Waals surface area (Å²) in [6.45, 7) is 3.06. The second kappa shape index (κ2) is 6.71. The van der Waals surface area contributed by atoms with Gasteiger partial charge in [-0.15, -0.1) is 0 Å². The Morgan fingerprint density at radius 1 is 1.32 bits per heavy atom. The van der Waals surface area contributed by atoms with Gasteiger partial charge >= 0.3 is 0 Å². The van der Waals surface area contributed by atoms with Crippen LogP contribution in [0.2, 0.25) is 0 Å². The Labute approximate surface area is 116 Å². The molecule has 0 aromatic carbocycles. The molecule has 1 amide bonds. The van der Waals surface area contributed by atoms with Crippen molar-refractivity contribution >= 4 is 5.91 Å². The SMILES string of the molecule is CC1CCC(C(=O)N(CCCO)C2CCC2)CC1N. The van der Waals surface area contributed by atoms with E-state index in [-0.39, 0.29) is 18.6 Å². The van der Waals surface area contributed by atoms with Gasteiger partial charge in [-0.25, -0.2) is 0 Å². The largest absolute Gasteiger partial charge is 0.396 e. The predicted octanol–water partition coefficient (Wildman–Crippen LogP) is 1.51. The molecule has 0 aromatic heterocycles. The second-order valence-corrected chi connectivity index (χ2v) is 6.34. The molecule has 4 nitrogen and oxygen atoms in total. The van der Waals surface area contributed by atoms with Crippen molar-refractivity contribution in [3.05, 3.63) is 0 Å². The van der Waals surface area contributed by atoms with Crippen LogP contribution in [0.4, 0.5) is 0 Å². The average Bonchev–Trinajstić information content (AvgIpc) is 2.34. The highest BCUT2D eigenvalue weighted by molar-refractivity contribution is 5.79. The summed E-state index contributed by atoms with van der Waals surface area (Å²) in [4.78, 5) is 14.7. The van der Waals surface area contributed by atoms with Gasteiger partial charge in [0, 0.05) is 31.2 Å². The molecule has 3 unspecified atom stereocenters. The Morgan fingerprint density at radius 2 is 2.05 bits per heavy atom. The minimum absolute atomic E-state index is 0.116. The van der Waals surface area contributed by atoms with Crippen molar-refractivity contribution in [2.24, 2.45) is 17.6 Å². The molecule has 0 bridgehead atoms. The van der Waals surface area contributed by atoms with Gasteiger partial charge in [0.25, 0.3) is 0 Å². The summed E-state index contributed by atoms with van der Waals surface area (Å²) in [7, 11) is 0. The molecular weight excluding hydrogens is 240 g/mol. The molecule has 0 radical (unpaired) electrons. The van der Waals surface area contributed by atoms with E-state index in [0.29, 0.717) is 30.8 Å². The molecule has 2 fully saturated rings. The first kappa shape index (κ1) is 14.8. The molecule has 0 aliphatic heterocycles. The molecule has 2 aliphatic rings. The third-order valence-corrected chi connectivity index (χ3v) is 4.96. The number of aliphatic hydroxyl groups excluding tert-OH is 1. The van der Waals surface area contributed by atoms with Crippen molar-refractivity contribution in [1.82, 2.24) is 4.90 Å². The molecule has 2 aliphatic carbocycles. The fourth-order valence-corrected chi connectivity index (χ4v) is 3.23. The number of amides is 1. The van der Waals surface area contributed by atoms with Gasteiger partial charge in [0.2, 0.25) is 5.91 Å². The number of nitrogens with zero attached hydrogens (tertiary/aromatic N) is 1. The molecule has 4 heteroatoms. The highest BCUT2D eigenvalue weighted by Gasteiger charge is 2.35. The van der Waals surface area contributed by atoms with Crippen LogP contribution in [-0.4, -0.2) is 41.1 Å². The van der Waals surface area contributed by atoms with Crippen LogP contribution >= 0.6 is 0 Å². The van der Waals surface area contributed by atoms with Crippen LogP contribution < -0.4 is 5.73 Å². The summed E-state index contributed by atoms with van der Waals surface area (Å²) in [5.41, 5.74) is 6.12. The molecule has 2 saturated carbocycles. The van der Waals surface area contributed by atoms with Crippen molar-refractivity contribution in [3.8, 4) is 0 Å². The van der Waals surface area contributed by atoms with Gasteiger partial charge in [0.05, 0.1) is 0 Å². The number of rotatable bonds is 5. The summed E-state index contributed by atoms with van der Waals surface area (Å²) in [6, 6.07) is 0.596. The Hall–Kier alpha value is -0.610. The molecule has 2 rings (SSSR count). The van der Waals surface area contributed by atoms with E-state index >= 15 is 0 Å². The second-order valence-electron chi connectivity index (χ2n) is 6.34. The van der Waals surface area contributed by atoms with Crippen molar-refractivity contribution in [2.75, 3.05) is 13.2 Å². The maximum atomic E-state index is 12.7. The predicted molar refractivity (Wildman–Crippen MR) is 75.5 cm³/mol. The van der Waals surface area contributed by atoms with E-state index in [1.54, 1.807) is 0 Å². The minimum atomic E-state index is 0.116. The average molecular weight is 268 g/mol. The van der Waals surface area contributed by atoms with E-state index in [2.05, 4.69) is 6.92 Å². The Morgan fingerprint density at radius 3 is 2.58 bits per heavy atom. The highest BCUT2D eigenvalue weighted by Crippen LogP contribution is 2.32. The maximum Gasteiger partial charge on any atom is 0.225 e. The summed E-state index contributed by atoms with van der Waals surface area (Å²) in [5, 5.41) is 9.00. The minimum Gasteiger partial charge on any atom is -0.396 e. The van der Waals surface area contributed by atoms with E-state index in [4.69, 9.17) is 10.8 Å². The van der Waals surface area contributed by atoms with Gasteiger partial charge in [0.15, 0.2) is 0 Å². The molecule has 110 valence electrons. The summed E-state index contributed by atoms with van der Waals surface area (Å²) in [6.07, 6.45) is 7.07. The van der Waals surface area contributed by atoms with Gasteiger partial charge in [-0.05, 0) is 50.9 Å². The lowest BCUT2D eigenvalue weighted by atomic mass is 9.78. The maximum absolute atomic E-state index is 12.7. The number of hydrogen-bond donors (Lipinski definition) is 2. The Kier molecular flexibility index (Phi) is 5.22. The van der Waals surface area contributed by atoms with Gasteiger partial charge in [-0.3, -0.25) is 4.79 Å². The van der Waals surface area contributed by atoms with Crippen molar-refractivity contribution < 1.29 is 9.90 Å². The molecule has 19 heavy (non-hydrogen) atoms. The number of nitrogens with two attached hydrogens (primary N) is 1. The lowest BCUT2D eigenvalue weighted by Gasteiger charge is -2.41.